The summed E-state index contributed by atoms with van der Waals surface area (Å²) in [5, 5.41) is 1.20. The average Bonchev–Trinajstić information content (AvgIpc) is 2.86. The zero-order valence-electron chi connectivity index (χ0n) is 12.1. The highest BCUT2D eigenvalue weighted by atomic mass is 32.2. The van der Waals surface area contributed by atoms with E-state index in [1.807, 2.05) is 0 Å². The molecule has 2 heterocycles. The quantitative estimate of drug-likeness (QED) is 0.886. The first-order valence-electron chi connectivity index (χ1n) is 6.97. The first-order valence-corrected chi connectivity index (χ1v) is 8.79. The zero-order chi connectivity index (χ0) is 15.9. The molecular weight excluding hydrogens is 304 g/mol. The number of carbonyl (C=O) groups excluding carboxylic acids is 1. The summed E-state index contributed by atoms with van der Waals surface area (Å²) < 4.78 is 23.1. The van der Waals surface area contributed by atoms with Crippen LogP contribution in [0.25, 0.3) is 10.8 Å². The van der Waals surface area contributed by atoms with Crippen molar-refractivity contribution in [2.75, 3.05) is 18.6 Å². The molecule has 1 aliphatic rings. The second-order valence-electron chi connectivity index (χ2n) is 5.57. The Bertz CT molecular complexity index is 901. The fourth-order valence-corrected chi connectivity index (χ4v) is 4.54. The number of pyridine rings is 1. The second-order valence-corrected chi connectivity index (χ2v) is 7.80. The number of nitrogens with zero attached hydrogens (tertiary/aromatic N) is 1. The summed E-state index contributed by atoms with van der Waals surface area (Å²) in [6.45, 7) is 0. The van der Waals surface area contributed by atoms with Crippen LogP contribution in [0.15, 0.2) is 35.1 Å². The fourth-order valence-electron chi connectivity index (χ4n) is 2.76. The molecule has 1 aliphatic heterocycles. The van der Waals surface area contributed by atoms with Crippen molar-refractivity contribution >= 4 is 26.5 Å². The first kappa shape index (κ1) is 14.8. The lowest BCUT2D eigenvalue weighted by Crippen LogP contribution is -2.38. The number of nitrogens with one attached hydrogen (secondary N) is 1. The van der Waals surface area contributed by atoms with Crippen molar-refractivity contribution in [3.8, 4) is 0 Å². The van der Waals surface area contributed by atoms with E-state index in [1.54, 1.807) is 37.4 Å². The Kier molecular flexibility index (Phi) is 3.52. The molecule has 1 N–H and O–H groups in total. The molecule has 3 rings (SSSR count). The van der Waals surface area contributed by atoms with Gasteiger partial charge < -0.3 is 9.88 Å². The zero-order valence-corrected chi connectivity index (χ0v) is 12.9. The molecule has 2 aromatic rings. The Morgan fingerprint density at radius 1 is 1.32 bits per heavy atom. The third-order valence-corrected chi connectivity index (χ3v) is 5.81. The predicted molar refractivity (Wildman–Crippen MR) is 83.7 cm³/mol. The van der Waals surface area contributed by atoms with Gasteiger partial charge in [-0.2, -0.15) is 0 Å². The summed E-state index contributed by atoms with van der Waals surface area (Å²) in [6, 6.07) is 8.29. The molecule has 1 unspecified atom stereocenters. The van der Waals surface area contributed by atoms with E-state index in [1.165, 1.54) is 4.90 Å². The van der Waals surface area contributed by atoms with Gasteiger partial charge in [0.1, 0.15) is 5.69 Å². The van der Waals surface area contributed by atoms with Crippen molar-refractivity contribution in [3.05, 3.63) is 46.4 Å². The standard InChI is InChI=1S/C15H16N2O4S/c1-17(11-6-7-22(20,21)9-11)15(19)13-8-10-4-2-3-5-12(10)14(18)16-13/h2-5,8,11H,6-7,9H2,1H3,(H,16,18). The van der Waals surface area contributed by atoms with Crippen LogP contribution in [-0.2, 0) is 9.84 Å². The van der Waals surface area contributed by atoms with E-state index < -0.39 is 9.84 Å². The maximum absolute atomic E-state index is 12.5. The number of hydrogen-bond acceptors (Lipinski definition) is 4. The third kappa shape index (κ3) is 2.64. The van der Waals surface area contributed by atoms with Gasteiger partial charge in [-0.1, -0.05) is 18.2 Å². The van der Waals surface area contributed by atoms with E-state index in [9.17, 15) is 18.0 Å². The highest BCUT2D eigenvalue weighted by Gasteiger charge is 2.33. The average molecular weight is 320 g/mol. The number of benzene rings is 1. The Hall–Kier alpha value is -2.15. The van der Waals surface area contributed by atoms with Gasteiger partial charge in [-0.05, 0) is 23.9 Å². The molecule has 22 heavy (non-hydrogen) atoms. The Morgan fingerprint density at radius 2 is 2.05 bits per heavy atom. The number of sulfone groups is 1. The molecule has 0 bridgehead atoms. The van der Waals surface area contributed by atoms with Crippen molar-refractivity contribution in [2.24, 2.45) is 0 Å². The van der Waals surface area contributed by atoms with Crippen LogP contribution in [0.3, 0.4) is 0 Å². The molecule has 6 nitrogen and oxygen atoms in total. The lowest BCUT2D eigenvalue weighted by Gasteiger charge is -2.23. The molecule has 0 radical (unpaired) electrons. The minimum atomic E-state index is -3.06. The molecule has 0 aliphatic carbocycles. The van der Waals surface area contributed by atoms with E-state index in [-0.39, 0.29) is 34.7 Å². The molecule has 1 atom stereocenters. The van der Waals surface area contributed by atoms with Crippen molar-refractivity contribution in [3.63, 3.8) is 0 Å². The molecule has 1 saturated heterocycles. The normalized spacial score (nSPS) is 20.1. The maximum atomic E-state index is 12.5. The highest BCUT2D eigenvalue weighted by molar-refractivity contribution is 7.91. The Balaban J connectivity index is 1.94. The van der Waals surface area contributed by atoms with Gasteiger partial charge in [0.25, 0.3) is 11.5 Å². The van der Waals surface area contributed by atoms with Crippen molar-refractivity contribution in [1.82, 2.24) is 9.88 Å². The van der Waals surface area contributed by atoms with Gasteiger partial charge in [0.15, 0.2) is 9.84 Å². The van der Waals surface area contributed by atoms with E-state index in [2.05, 4.69) is 4.98 Å². The summed E-state index contributed by atoms with van der Waals surface area (Å²) in [6.07, 6.45) is 0.433. The number of aromatic nitrogens is 1. The van der Waals surface area contributed by atoms with Gasteiger partial charge in [-0.15, -0.1) is 0 Å². The Labute approximate surface area is 127 Å². The number of hydrogen-bond donors (Lipinski definition) is 1. The fraction of sp³-hybridized carbons (Fsp3) is 0.333. The smallest absolute Gasteiger partial charge is 0.270 e. The monoisotopic (exact) mass is 320 g/mol. The van der Waals surface area contributed by atoms with Gasteiger partial charge in [-0.3, -0.25) is 9.59 Å². The number of aromatic amines is 1. The van der Waals surface area contributed by atoms with Crippen LogP contribution in [0.2, 0.25) is 0 Å². The van der Waals surface area contributed by atoms with Gasteiger partial charge in [0.05, 0.1) is 11.5 Å². The molecule has 116 valence electrons. The van der Waals surface area contributed by atoms with Gasteiger partial charge in [0.2, 0.25) is 0 Å². The van der Waals surface area contributed by atoms with E-state index in [0.29, 0.717) is 17.2 Å². The first-order chi connectivity index (χ1) is 10.4. The molecule has 1 aromatic heterocycles. The summed E-state index contributed by atoms with van der Waals surface area (Å²) >= 11 is 0. The lowest BCUT2D eigenvalue weighted by molar-refractivity contribution is 0.0741. The highest BCUT2D eigenvalue weighted by Crippen LogP contribution is 2.19. The number of fused-ring (bicyclic) bond motifs is 1. The number of carbonyl (C=O) groups is 1. The van der Waals surface area contributed by atoms with Crippen LogP contribution in [0.5, 0.6) is 0 Å². The van der Waals surface area contributed by atoms with Gasteiger partial charge in [-0.25, -0.2) is 8.42 Å². The summed E-state index contributed by atoms with van der Waals surface area (Å²) in [5.74, 6) is -0.290. The SMILES string of the molecule is CN(C(=O)c1cc2ccccc2c(=O)[nH]1)C1CCS(=O)(=O)C1. The minimum absolute atomic E-state index is 0.0208. The predicted octanol–water partition coefficient (Wildman–Crippen LogP) is 0.787. The van der Waals surface area contributed by atoms with Crippen LogP contribution in [0, 0.1) is 0 Å². The summed E-state index contributed by atoms with van der Waals surface area (Å²) in [4.78, 5) is 28.5. The van der Waals surface area contributed by atoms with E-state index in [0.717, 1.165) is 0 Å². The number of amides is 1. The number of rotatable bonds is 2. The third-order valence-electron chi connectivity index (χ3n) is 4.06. The molecule has 1 amide bonds. The van der Waals surface area contributed by atoms with Crippen LogP contribution >= 0.6 is 0 Å². The molecule has 0 spiro atoms. The Morgan fingerprint density at radius 3 is 2.73 bits per heavy atom. The van der Waals surface area contributed by atoms with Crippen LogP contribution in [-0.4, -0.2) is 48.8 Å². The van der Waals surface area contributed by atoms with Crippen LogP contribution in [0.1, 0.15) is 16.9 Å². The van der Waals surface area contributed by atoms with Crippen LogP contribution in [0.4, 0.5) is 0 Å². The van der Waals surface area contributed by atoms with Crippen molar-refractivity contribution in [1.29, 1.82) is 0 Å². The van der Waals surface area contributed by atoms with Crippen molar-refractivity contribution in [2.45, 2.75) is 12.5 Å². The largest absolute Gasteiger partial charge is 0.336 e. The van der Waals surface area contributed by atoms with Gasteiger partial charge >= 0.3 is 0 Å². The number of H-pyrrole nitrogens is 1. The minimum Gasteiger partial charge on any atom is -0.336 e. The molecule has 1 fully saturated rings. The topological polar surface area (TPSA) is 87.3 Å². The van der Waals surface area contributed by atoms with Crippen molar-refractivity contribution < 1.29 is 13.2 Å². The summed E-state index contributed by atoms with van der Waals surface area (Å²) in [7, 11) is -1.49. The van der Waals surface area contributed by atoms with E-state index >= 15 is 0 Å². The molecular formula is C15H16N2O4S. The second kappa shape index (κ2) is 5.24. The molecule has 7 heteroatoms. The van der Waals surface area contributed by atoms with Crippen LogP contribution < -0.4 is 5.56 Å². The van der Waals surface area contributed by atoms with E-state index in [4.69, 9.17) is 0 Å². The molecule has 0 saturated carbocycles. The lowest BCUT2D eigenvalue weighted by atomic mass is 10.1. The summed E-state index contributed by atoms with van der Waals surface area (Å²) in [5.41, 5.74) is -0.149. The maximum Gasteiger partial charge on any atom is 0.270 e. The molecule has 1 aromatic carbocycles. The van der Waals surface area contributed by atoms with Gasteiger partial charge in [0, 0.05) is 18.5 Å².